The van der Waals surface area contributed by atoms with Gasteiger partial charge in [-0.1, -0.05) is 30.3 Å². The van der Waals surface area contributed by atoms with Gasteiger partial charge < -0.3 is 5.11 Å². The number of fused-ring (bicyclic) bond motifs is 2. The smallest absolute Gasteiger partial charge is 0.335 e. The van der Waals surface area contributed by atoms with Gasteiger partial charge in [-0.15, -0.1) is 0 Å². The molecule has 0 aliphatic carbocycles. The van der Waals surface area contributed by atoms with Gasteiger partial charge in [0, 0.05) is 23.2 Å². The first kappa shape index (κ1) is 17.1. The molecule has 2 heterocycles. The van der Waals surface area contributed by atoms with E-state index in [-0.39, 0.29) is 5.56 Å². The fraction of sp³-hybridized carbons (Fsp3) is 0. The van der Waals surface area contributed by atoms with E-state index in [1.165, 1.54) is 0 Å². The molecule has 0 bridgehead atoms. The lowest BCUT2D eigenvalue weighted by molar-refractivity contribution is 0.0697. The number of carboxylic acid groups (broad SMARTS) is 1. The Morgan fingerprint density at radius 2 is 1.28 bits per heavy atom. The van der Waals surface area contributed by atoms with E-state index in [4.69, 9.17) is 0 Å². The Morgan fingerprint density at radius 3 is 2.03 bits per heavy atom. The third-order valence-corrected chi connectivity index (χ3v) is 5.06. The van der Waals surface area contributed by atoms with Gasteiger partial charge in [-0.05, 0) is 70.8 Å². The highest BCUT2D eigenvalue weighted by Crippen LogP contribution is 2.31. The van der Waals surface area contributed by atoms with Gasteiger partial charge in [-0.3, -0.25) is 9.97 Å². The maximum absolute atomic E-state index is 11.8. The van der Waals surface area contributed by atoms with E-state index in [0.29, 0.717) is 0 Å². The molecule has 0 amide bonds. The SMILES string of the molecule is O=C(O)c1cc(-c2ccc3ncccc3c2)cc(-c2ccc3cccnc3c2)c1. The van der Waals surface area contributed by atoms with Crippen molar-refractivity contribution in [3.63, 3.8) is 0 Å². The first-order chi connectivity index (χ1) is 14.2. The van der Waals surface area contributed by atoms with Crippen LogP contribution in [0.15, 0.2) is 91.3 Å². The van der Waals surface area contributed by atoms with E-state index in [0.717, 1.165) is 44.1 Å². The summed E-state index contributed by atoms with van der Waals surface area (Å²) < 4.78 is 0. The normalized spacial score (nSPS) is 11.0. The van der Waals surface area contributed by atoms with Gasteiger partial charge in [0.1, 0.15) is 0 Å². The molecule has 0 saturated heterocycles. The molecule has 0 aliphatic rings. The third kappa shape index (κ3) is 3.21. The van der Waals surface area contributed by atoms with Crippen LogP contribution < -0.4 is 0 Å². The van der Waals surface area contributed by atoms with Gasteiger partial charge in [0.05, 0.1) is 16.6 Å². The van der Waals surface area contributed by atoms with E-state index in [1.54, 1.807) is 24.5 Å². The second-order valence-corrected chi connectivity index (χ2v) is 6.93. The maximum atomic E-state index is 11.8. The maximum Gasteiger partial charge on any atom is 0.335 e. The number of aromatic nitrogens is 2. The van der Waals surface area contributed by atoms with E-state index >= 15 is 0 Å². The van der Waals surface area contributed by atoms with Crippen LogP contribution in [0.25, 0.3) is 44.1 Å². The highest BCUT2D eigenvalue weighted by molar-refractivity contribution is 5.94. The number of carboxylic acids is 1. The minimum absolute atomic E-state index is 0.255. The number of carbonyl (C=O) groups is 1. The van der Waals surface area contributed by atoms with E-state index in [9.17, 15) is 9.90 Å². The summed E-state index contributed by atoms with van der Waals surface area (Å²) in [7, 11) is 0. The number of hydrogen-bond donors (Lipinski definition) is 1. The van der Waals surface area contributed by atoms with Crippen LogP contribution in [0.2, 0.25) is 0 Å². The average molecular weight is 376 g/mol. The Labute approximate surface area is 167 Å². The van der Waals surface area contributed by atoms with Crippen molar-refractivity contribution in [2.75, 3.05) is 0 Å². The van der Waals surface area contributed by atoms with Crippen molar-refractivity contribution >= 4 is 27.8 Å². The van der Waals surface area contributed by atoms with Crippen molar-refractivity contribution in [1.82, 2.24) is 9.97 Å². The number of rotatable bonds is 3. The van der Waals surface area contributed by atoms with Gasteiger partial charge in [0.25, 0.3) is 0 Å². The predicted molar refractivity (Wildman–Crippen MR) is 115 cm³/mol. The molecule has 0 saturated carbocycles. The summed E-state index contributed by atoms with van der Waals surface area (Å²) in [6.45, 7) is 0. The molecule has 1 N–H and O–H groups in total. The van der Waals surface area contributed by atoms with E-state index < -0.39 is 5.97 Å². The zero-order valence-corrected chi connectivity index (χ0v) is 15.4. The second-order valence-electron chi connectivity index (χ2n) is 6.93. The van der Waals surface area contributed by atoms with Crippen LogP contribution in [0.5, 0.6) is 0 Å². The third-order valence-electron chi connectivity index (χ3n) is 5.06. The molecular weight excluding hydrogens is 360 g/mol. The Bertz CT molecular complexity index is 1290. The van der Waals surface area contributed by atoms with Crippen molar-refractivity contribution in [3.8, 4) is 22.3 Å². The summed E-state index contributed by atoms with van der Waals surface area (Å²) in [5.41, 5.74) is 5.63. The predicted octanol–water partition coefficient (Wildman–Crippen LogP) is 5.82. The van der Waals surface area contributed by atoms with Crippen LogP contribution in [0, 0.1) is 0 Å². The average Bonchev–Trinajstić information content (AvgIpc) is 2.78. The minimum atomic E-state index is -0.950. The van der Waals surface area contributed by atoms with Gasteiger partial charge >= 0.3 is 5.97 Å². The van der Waals surface area contributed by atoms with Crippen LogP contribution in [0.1, 0.15) is 10.4 Å². The lowest BCUT2D eigenvalue weighted by atomic mass is 9.95. The van der Waals surface area contributed by atoms with Crippen molar-refractivity contribution in [2.24, 2.45) is 0 Å². The van der Waals surface area contributed by atoms with Crippen LogP contribution in [-0.4, -0.2) is 21.0 Å². The summed E-state index contributed by atoms with van der Waals surface area (Å²) >= 11 is 0. The molecule has 2 aromatic heterocycles. The first-order valence-corrected chi connectivity index (χ1v) is 9.26. The lowest BCUT2D eigenvalue weighted by Crippen LogP contribution is -1.97. The Hall–Kier alpha value is -4.05. The summed E-state index contributed by atoms with van der Waals surface area (Å²) in [6, 6.07) is 25.2. The molecule has 138 valence electrons. The zero-order valence-electron chi connectivity index (χ0n) is 15.4. The topological polar surface area (TPSA) is 63.1 Å². The highest BCUT2D eigenvalue weighted by atomic mass is 16.4. The Kier molecular flexibility index (Phi) is 4.03. The van der Waals surface area contributed by atoms with Crippen molar-refractivity contribution in [1.29, 1.82) is 0 Å². The fourth-order valence-corrected chi connectivity index (χ4v) is 3.59. The van der Waals surface area contributed by atoms with E-state index in [1.807, 2.05) is 66.7 Å². The highest BCUT2D eigenvalue weighted by Gasteiger charge is 2.11. The Morgan fingerprint density at radius 1 is 0.621 bits per heavy atom. The molecule has 0 radical (unpaired) electrons. The standard InChI is InChI=1S/C25H16N2O2/c28-25(29)22-13-20(17-7-8-23-19(11-17)4-2-9-26-23)12-21(14-22)18-6-5-16-3-1-10-27-24(16)15-18/h1-15H,(H,28,29). The monoisotopic (exact) mass is 376 g/mol. The van der Waals surface area contributed by atoms with Gasteiger partial charge in [-0.25, -0.2) is 4.79 Å². The quantitative estimate of drug-likeness (QED) is 0.431. The molecule has 0 aliphatic heterocycles. The number of nitrogens with zero attached hydrogens (tertiary/aromatic N) is 2. The first-order valence-electron chi connectivity index (χ1n) is 9.26. The lowest BCUT2D eigenvalue weighted by Gasteiger charge is -2.10. The van der Waals surface area contributed by atoms with Crippen LogP contribution in [-0.2, 0) is 0 Å². The molecule has 4 heteroatoms. The molecule has 0 unspecified atom stereocenters. The second kappa shape index (κ2) is 6.84. The Balaban J connectivity index is 1.69. The van der Waals surface area contributed by atoms with Gasteiger partial charge in [0.15, 0.2) is 0 Å². The summed E-state index contributed by atoms with van der Waals surface area (Å²) in [5, 5.41) is 11.7. The largest absolute Gasteiger partial charge is 0.478 e. The zero-order chi connectivity index (χ0) is 19.8. The van der Waals surface area contributed by atoms with Crippen LogP contribution in [0.4, 0.5) is 0 Å². The number of aromatic carboxylic acids is 1. The number of benzene rings is 3. The van der Waals surface area contributed by atoms with Crippen LogP contribution >= 0.6 is 0 Å². The van der Waals surface area contributed by atoms with Crippen molar-refractivity contribution in [3.05, 3.63) is 96.8 Å². The molecule has 4 nitrogen and oxygen atoms in total. The minimum Gasteiger partial charge on any atom is -0.478 e. The van der Waals surface area contributed by atoms with Gasteiger partial charge in [0.2, 0.25) is 0 Å². The molecule has 5 rings (SSSR count). The molecule has 0 atom stereocenters. The molecule has 0 fully saturated rings. The summed E-state index contributed by atoms with van der Waals surface area (Å²) in [6.07, 6.45) is 3.52. The van der Waals surface area contributed by atoms with Crippen molar-refractivity contribution in [2.45, 2.75) is 0 Å². The molecule has 0 spiro atoms. The van der Waals surface area contributed by atoms with Crippen molar-refractivity contribution < 1.29 is 9.90 Å². The summed E-state index contributed by atoms with van der Waals surface area (Å²) in [5.74, 6) is -0.950. The molecule has 29 heavy (non-hydrogen) atoms. The van der Waals surface area contributed by atoms with E-state index in [2.05, 4.69) is 9.97 Å². The molecule has 5 aromatic rings. The molecule has 3 aromatic carbocycles. The van der Waals surface area contributed by atoms with Gasteiger partial charge in [-0.2, -0.15) is 0 Å². The number of pyridine rings is 2. The summed E-state index contributed by atoms with van der Waals surface area (Å²) in [4.78, 5) is 20.5. The van der Waals surface area contributed by atoms with Crippen LogP contribution in [0.3, 0.4) is 0 Å². The number of hydrogen-bond acceptors (Lipinski definition) is 3. The molecular formula is C25H16N2O2. The fourth-order valence-electron chi connectivity index (χ4n) is 3.59.